The van der Waals surface area contributed by atoms with Gasteiger partial charge in [0.05, 0.1) is 16.7 Å². The maximum atomic E-state index is 2.39. The Balaban J connectivity index is 1.00. The van der Waals surface area contributed by atoms with Gasteiger partial charge in [-0.1, -0.05) is 140 Å². The first-order chi connectivity index (χ1) is 28.3. The van der Waals surface area contributed by atoms with Gasteiger partial charge in [-0.2, -0.15) is 0 Å². The number of fused-ring (bicyclic) bond motifs is 6. The van der Waals surface area contributed by atoms with Crippen LogP contribution in [0.2, 0.25) is 0 Å². The van der Waals surface area contributed by atoms with E-state index in [4.69, 9.17) is 0 Å². The van der Waals surface area contributed by atoms with Crippen LogP contribution in [0.4, 0.5) is 17.1 Å². The largest absolute Gasteiger partial charge is 0.310 e. The third kappa shape index (κ3) is 5.80. The van der Waals surface area contributed by atoms with E-state index in [-0.39, 0.29) is 0 Å². The zero-order chi connectivity index (χ0) is 37.7. The molecule has 0 saturated carbocycles. The fraction of sp³-hybridized carbons (Fsp3) is 0. The van der Waals surface area contributed by atoms with Crippen molar-refractivity contribution in [2.45, 2.75) is 0 Å². The minimum absolute atomic E-state index is 1.10. The summed E-state index contributed by atoms with van der Waals surface area (Å²) in [6.07, 6.45) is 0. The number of para-hydroxylation sites is 3. The molecule has 3 heteroatoms. The van der Waals surface area contributed by atoms with Gasteiger partial charge >= 0.3 is 0 Å². The lowest BCUT2D eigenvalue weighted by molar-refractivity contribution is 1.18. The molecule has 0 aliphatic heterocycles. The zero-order valence-electron chi connectivity index (χ0n) is 31.1. The summed E-state index contributed by atoms with van der Waals surface area (Å²) < 4.78 is 5.02. The van der Waals surface area contributed by atoms with Gasteiger partial charge in [0.1, 0.15) is 0 Å². The van der Waals surface area contributed by atoms with Crippen LogP contribution in [-0.2, 0) is 0 Å². The number of thiophene rings is 1. The summed E-state index contributed by atoms with van der Waals surface area (Å²) in [6.45, 7) is 0. The normalized spacial score (nSPS) is 11.5. The van der Waals surface area contributed by atoms with Gasteiger partial charge in [0.25, 0.3) is 0 Å². The highest BCUT2D eigenvalue weighted by Crippen LogP contribution is 2.43. The summed E-state index contributed by atoms with van der Waals surface area (Å²) in [7, 11) is 0. The molecule has 268 valence electrons. The van der Waals surface area contributed by atoms with Crippen LogP contribution < -0.4 is 4.90 Å². The molecular weight excluding hydrogens is 709 g/mol. The lowest BCUT2D eigenvalue weighted by Crippen LogP contribution is -2.11. The first-order valence-electron chi connectivity index (χ1n) is 19.4. The van der Waals surface area contributed by atoms with Crippen LogP contribution in [0.5, 0.6) is 0 Å². The monoisotopic (exact) mass is 744 g/mol. The highest BCUT2D eigenvalue weighted by Gasteiger charge is 2.18. The second kappa shape index (κ2) is 13.8. The van der Waals surface area contributed by atoms with Crippen molar-refractivity contribution in [1.29, 1.82) is 0 Å². The number of hydrogen-bond donors (Lipinski definition) is 0. The standard InChI is InChI=1S/C54H36N2S/c1-3-13-39(14-4-1)45-17-7-10-20-50(45)55(44-31-25-38(26-32-44)41-28-34-54-49(36-41)47-19-9-12-22-53(47)57-54)43-29-23-37(24-30-43)40-27-33-52-48(35-40)46-18-8-11-21-51(46)56(52)42-15-5-2-6-16-42/h1-36H. The number of hydrogen-bond acceptors (Lipinski definition) is 2. The van der Waals surface area contributed by atoms with E-state index in [2.05, 4.69) is 228 Å². The van der Waals surface area contributed by atoms with Gasteiger partial charge in [-0.15, -0.1) is 11.3 Å². The predicted octanol–water partition coefficient (Wildman–Crippen LogP) is 15.6. The van der Waals surface area contributed by atoms with Gasteiger partial charge in [-0.05, 0) is 107 Å². The van der Waals surface area contributed by atoms with Gasteiger partial charge in [-0.25, -0.2) is 0 Å². The van der Waals surface area contributed by atoms with Crippen molar-refractivity contribution in [2.75, 3.05) is 4.90 Å². The Morgan fingerprint density at radius 1 is 0.333 bits per heavy atom. The Morgan fingerprint density at radius 2 is 0.860 bits per heavy atom. The van der Waals surface area contributed by atoms with Crippen LogP contribution in [0, 0.1) is 0 Å². The number of aromatic nitrogens is 1. The average Bonchev–Trinajstić information content (AvgIpc) is 3.83. The Hall–Kier alpha value is -7.20. The summed E-state index contributed by atoms with van der Waals surface area (Å²) in [5.74, 6) is 0. The maximum absolute atomic E-state index is 2.39. The first kappa shape index (κ1) is 33.2. The third-order valence-corrected chi connectivity index (χ3v) is 12.4. The van der Waals surface area contributed by atoms with Crippen LogP contribution in [0.25, 0.3) is 81.0 Å². The summed E-state index contributed by atoms with van der Waals surface area (Å²) in [4.78, 5) is 2.39. The average molecular weight is 745 g/mol. The van der Waals surface area contributed by atoms with E-state index in [1.807, 2.05) is 11.3 Å². The van der Waals surface area contributed by atoms with Crippen molar-refractivity contribution in [2.24, 2.45) is 0 Å². The molecule has 0 aliphatic carbocycles. The van der Waals surface area contributed by atoms with E-state index < -0.39 is 0 Å². The molecule has 11 aromatic rings. The van der Waals surface area contributed by atoms with Crippen LogP contribution >= 0.6 is 11.3 Å². The first-order valence-corrected chi connectivity index (χ1v) is 20.2. The molecule has 11 rings (SSSR count). The molecule has 0 saturated heterocycles. The Morgan fingerprint density at radius 3 is 1.60 bits per heavy atom. The molecule has 0 aliphatic rings. The molecule has 0 radical (unpaired) electrons. The fourth-order valence-electron chi connectivity index (χ4n) is 8.48. The predicted molar refractivity (Wildman–Crippen MR) is 245 cm³/mol. The molecule has 0 unspecified atom stereocenters. The van der Waals surface area contributed by atoms with Crippen LogP contribution in [0.15, 0.2) is 218 Å². The number of nitrogens with zero attached hydrogens (tertiary/aromatic N) is 2. The van der Waals surface area contributed by atoms with Crippen LogP contribution in [0.1, 0.15) is 0 Å². The molecule has 2 nitrogen and oxygen atoms in total. The van der Waals surface area contributed by atoms with E-state index in [1.165, 1.54) is 81.0 Å². The van der Waals surface area contributed by atoms with Crippen LogP contribution in [0.3, 0.4) is 0 Å². The molecule has 0 amide bonds. The highest BCUT2D eigenvalue weighted by molar-refractivity contribution is 7.25. The van der Waals surface area contributed by atoms with Crippen molar-refractivity contribution < 1.29 is 0 Å². The summed E-state index contributed by atoms with van der Waals surface area (Å²) in [6, 6.07) is 79.3. The van der Waals surface area contributed by atoms with E-state index in [0.29, 0.717) is 0 Å². The Labute approximate surface area is 335 Å². The SMILES string of the molecule is c1ccc(-c2ccccc2N(c2ccc(-c3ccc4sc5ccccc5c4c3)cc2)c2ccc(-c3ccc4c(c3)c3ccccc3n4-c3ccccc3)cc2)cc1. The van der Waals surface area contributed by atoms with Gasteiger partial charge in [0.2, 0.25) is 0 Å². The van der Waals surface area contributed by atoms with Crippen molar-refractivity contribution in [1.82, 2.24) is 4.57 Å². The summed E-state index contributed by atoms with van der Waals surface area (Å²) >= 11 is 1.86. The van der Waals surface area contributed by atoms with Gasteiger partial charge in [0, 0.05) is 53.6 Å². The van der Waals surface area contributed by atoms with E-state index in [1.54, 1.807) is 0 Å². The quantitative estimate of drug-likeness (QED) is 0.158. The maximum Gasteiger partial charge on any atom is 0.0541 e. The third-order valence-electron chi connectivity index (χ3n) is 11.2. The molecule has 0 atom stereocenters. The summed E-state index contributed by atoms with van der Waals surface area (Å²) in [5.41, 5.74) is 14.1. The van der Waals surface area contributed by atoms with Gasteiger partial charge < -0.3 is 9.47 Å². The number of benzene rings is 9. The molecule has 0 spiro atoms. The second-order valence-electron chi connectivity index (χ2n) is 14.5. The molecule has 2 aromatic heterocycles. The van der Waals surface area contributed by atoms with Crippen molar-refractivity contribution in [3.63, 3.8) is 0 Å². The van der Waals surface area contributed by atoms with Gasteiger partial charge in [0.15, 0.2) is 0 Å². The minimum Gasteiger partial charge on any atom is -0.310 e. The smallest absolute Gasteiger partial charge is 0.0541 e. The lowest BCUT2D eigenvalue weighted by Gasteiger charge is -2.28. The van der Waals surface area contributed by atoms with Crippen molar-refractivity contribution in [3.8, 4) is 39.1 Å². The minimum atomic E-state index is 1.10. The highest BCUT2D eigenvalue weighted by atomic mass is 32.1. The van der Waals surface area contributed by atoms with Crippen LogP contribution in [-0.4, -0.2) is 4.57 Å². The molecule has 57 heavy (non-hydrogen) atoms. The Kier molecular flexibility index (Phi) is 8.04. The zero-order valence-corrected chi connectivity index (χ0v) is 31.9. The van der Waals surface area contributed by atoms with E-state index >= 15 is 0 Å². The molecule has 2 heterocycles. The van der Waals surface area contributed by atoms with E-state index in [0.717, 1.165) is 17.1 Å². The fourth-order valence-corrected chi connectivity index (χ4v) is 9.56. The molecule has 0 N–H and O–H groups in total. The molecule has 9 aromatic carbocycles. The van der Waals surface area contributed by atoms with E-state index in [9.17, 15) is 0 Å². The Bertz CT molecular complexity index is 3210. The summed E-state index contributed by atoms with van der Waals surface area (Å²) in [5, 5.41) is 5.14. The topological polar surface area (TPSA) is 8.17 Å². The number of anilines is 3. The molecule has 0 bridgehead atoms. The number of rotatable bonds is 7. The van der Waals surface area contributed by atoms with Gasteiger partial charge in [-0.3, -0.25) is 0 Å². The lowest BCUT2D eigenvalue weighted by atomic mass is 9.99. The van der Waals surface area contributed by atoms with Crippen molar-refractivity contribution >= 4 is 70.4 Å². The molecular formula is C54H36N2S. The van der Waals surface area contributed by atoms with Crippen molar-refractivity contribution in [3.05, 3.63) is 218 Å². The molecule has 0 fully saturated rings. The second-order valence-corrected chi connectivity index (χ2v) is 15.6.